The maximum Gasteiger partial charge on any atom is 0.309 e. The van der Waals surface area contributed by atoms with E-state index in [0.717, 1.165) is 0 Å². The first kappa shape index (κ1) is 11.5. The summed E-state index contributed by atoms with van der Waals surface area (Å²) in [5, 5.41) is 9.10. The molecular formula is C10H18O4. The fourth-order valence-corrected chi connectivity index (χ4v) is 2.41. The van der Waals surface area contributed by atoms with Crippen LogP contribution in [0.1, 0.15) is 26.7 Å². The molecule has 0 saturated heterocycles. The molecule has 2 atom stereocenters. The number of ether oxygens (including phenoxy) is 2. The first-order valence-corrected chi connectivity index (χ1v) is 4.74. The zero-order valence-corrected chi connectivity index (χ0v) is 9.16. The van der Waals surface area contributed by atoms with Crippen molar-refractivity contribution in [3.05, 3.63) is 0 Å². The van der Waals surface area contributed by atoms with E-state index in [1.807, 2.05) is 6.92 Å². The molecule has 0 radical (unpaired) electrons. The van der Waals surface area contributed by atoms with Crippen LogP contribution < -0.4 is 0 Å². The molecule has 4 heteroatoms. The number of carboxylic acids is 1. The number of carbonyl (C=O) groups is 1. The van der Waals surface area contributed by atoms with E-state index in [1.165, 1.54) is 0 Å². The largest absolute Gasteiger partial charge is 0.481 e. The molecular weight excluding hydrogens is 184 g/mol. The molecule has 1 aliphatic carbocycles. The van der Waals surface area contributed by atoms with Gasteiger partial charge in [-0.2, -0.15) is 0 Å². The highest BCUT2D eigenvalue weighted by atomic mass is 16.7. The summed E-state index contributed by atoms with van der Waals surface area (Å²) in [6.07, 6.45) is 0.994. The van der Waals surface area contributed by atoms with E-state index in [9.17, 15) is 4.79 Å². The van der Waals surface area contributed by atoms with Crippen LogP contribution >= 0.6 is 0 Å². The van der Waals surface area contributed by atoms with Gasteiger partial charge in [-0.15, -0.1) is 0 Å². The zero-order valence-electron chi connectivity index (χ0n) is 9.16. The highest BCUT2D eigenvalue weighted by Crippen LogP contribution is 2.49. The van der Waals surface area contributed by atoms with Crippen molar-refractivity contribution in [1.29, 1.82) is 0 Å². The van der Waals surface area contributed by atoms with Gasteiger partial charge in [0.15, 0.2) is 5.79 Å². The molecule has 0 spiro atoms. The molecule has 14 heavy (non-hydrogen) atoms. The predicted molar refractivity (Wildman–Crippen MR) is 50.9 cm³/mol. The number of aliphatic carboxylic acids is 1. The molecule has 1 rings (SSSR count). The van der Waals surface area contributed by atoms with E-state index in [4.69, 9.17) is 14.6 Å². The maximum atomic E-state index is 11.1. The van der Waals surface area contributed by atoms with Crippen LogP contribution in [-0.4, -0.2) is 31.1 Å². The third-order valence-corrected chi connectivity index (χ3v) is 3.35. The Balaban J connectivity index is 2.92. The van der Waals surface area contributed by atoms with Gasteiger partial charge in [-0.05, 0) is 13.3 Å². The lowest BCUT2D eigenvalue weighted by Gasteiger charge is -2.31. The fourth-order valence-electron chi connectivity index (χ4n) is 2.41. The summed E-state index contributed by atoms with van der Waals surface area (Å²) in [5.41, 5.74) is -0.731. The number of methoxy groups -OCH3 is 2. The maximum absolute atomic E-state index is 11.1. The number of carboxylic acid groups (broad SMARTS) is 1. The summed E-state index contributed by atoms with van der Waals surface area (Å²) in [5.74, 6) is -1.41. The van der Waals surface area contributed by atoms with Crippen LogP contribution in [0.5, 0.6) is 0 Å². The van der Waals surface area contributed by atoms with Gasteiger partial charge >= 0.3 is 5.97 Å². The van der Waals surface area contributed by atoms with Gasteiger partial charge in [0.25, 0.3) is 0 Å². The van der Waals surface area contributed by atoms with E-state index in [-0.39, 0.29) is 5.92 Å². The zero-order chi connectivity index (χ0) is 11.0. The second-order valence-electron chi connectivity index (χ2n) is 4.37. The normalized spacial score (nSPS) is 35.9. The van der Waals surface area contributed by atoms with Crippen LogP contribution in [0.25, 0.3) is 0 Å². The summed E-state index contributed by atoms with van der Waals surface area (Å²) in [6, 6.07) is 0. The van der Waals surface area contributed by atoms with E-state index >= 15 is 0 Å². The Labute approximate surface area is 84.2 Å². The summed E-state index contributed by atoms with van der Waals surface area (Å²) in [7, 11) is 3.13. The lowest BCUT2D eigenvalue weighted by molar-refractivity contribution is -0.227. The average molecular weight is 202 g/mol. The number of hydrogen-bond acceptors (Lipinski definition) is 3. The third kappa shape index (κ3) is 1.53. The van der Waals surface area contributed by atoms with Crippen LogP contribution in [0.3, 0.4) is 0 Å². The number of hydrogen-bond donors (Lipinski definition) is 1. The summed E-state index contributed by atoms with van der Waals surface area (Å²) >= 11 is 0. The van der Waals surface area contributed by atoms with E-state index < -0.39 is 17.2 Å². The smallest absolute Gasteiger partial charge is 0.309 e. The Hall–Kier alpha value is -0.610. The van der Waals surface area contributed by atoms with Gasteiger partial charge < -0.3 is 14.6 Å². The molecule has 0 aromatic carbocycles. The minimum Gasteiger partial charge on any atom is -0.481 e. The molecule has 4 nitrogen and oxygen atoms in total. The molecule has 0 amide bonds. The molecule has 0 aliphatic heterocycles. The topological polar surface area (TPSA) is 55.8 Å². The van der Waals surface area contributed by atoms with Crippen molar-refractivity contribution in [2.45, 2.75) is 32.5 Å². The van der Waals surface area contributed by atoms with Crippen molar-refractivity contribution < 1.29 is 19.4 Å². The lowest BCUT2D eigenvalue weighted by Crippen LogP contribution is -2.37. The van der Waals surface area contributed by atoms with Crippen molar-refractivity contribution in [3.63, 3.8) is 0 Å². The molecule has 82 valence electrons. The van der Waals surface area contributed by atoms with Crippen molar-refractivity contribution in [3.8, 4) is 0 Å². The summed E-state index contributed by atoms with van der Waals surface area (Å²) in [6.45, 7) is 3.70. The van der Waals surface area contributed by atoms with E-state index in [1.54, 1.807) is 21.1 Å². The molecule has 0 bridgehead atoms. The fraction of sp³-hybridized carbons (Fsp3) is 0.900. The summed E-state index contributed by atoms with van der Waals surface area (Å²) in [4.78, 5) is 11.1. The lowest BCUT2D eigenvalue weighted by atomic mass is 9.88. The molecule has 1 N–H and O–H groups in total. The van der Waals surface area contributed by atoms with Crippen molar-refractivity contribution in [1.82, 2.24) is 0 Å². The monoisotopic (exact) mass is 202 g/mol. The Morgan fingerprint density at radius 2 is 1.93 bits per heavy atom. The molecule has 1 fully saturated rings. The van der Waals surface area contributed by atoms with Gasteiger partial charge in [-0.3, -0.25) is 4.79 Å². The number of rotatable bonds is 3. The SMILES string of the molecule is COC1(OC)CC(C)(C(=O)O)CC1C. The van der Waals surface area contributed by atoms with E-state index in [0.29, 0.717) is 12.8 Å². The van der Waals surface area contributed by atoms with Gasteiger partial charge in [0.1, 0.15) is 0 Å². The second kappa shape index (κ2) is 3.51. The van der Waals surface area contributed by atoms with Crippen LogP contribution in [0.15, 0.2) is 0 Å². The molecule has 0 aromatic rings. The van der Waals surface area contributed by atoms with Crippen LogP contribution in [-0.2, 0) is 14.3 Å². The third-order valence-electron chi connectivity index (χ3n) is 3.35. The standard InChI is InChI=1S/C10H18O4/c1-7-5-9(2,8(11)12)6-10(7,13-3)14-4/h7H,5-6H2,1-4H3,(H,11,12). The van der Waals surface area contributed by atoms with Gasteiger partial charge in [0, 0.05) is 26.6 Å². The second-order valence-corrected chi connectivity index (χ2v) is 4.37. The summed E-state index contributed by atoms with van der Waals surface area (Å²) < 4.78 is 10.6. The Morgan fingerprint density at radius 1 is 1.43 bits per heavy atom. The van der Waals surface area contributed by atoms with E-state index in [2.05, 4.69) is 0 Å². The first-order chi connectivity index (χ1) is 6.40. The van der Waals surface area contributed by atoms with Crippen molar-refractivity contribution >= 4 is 5.97 Å². The Morgan fingerprint density at radius 3 is 2.14 bits per heavy atom. The van der Waals surface area contributed by atoms with Gasteiger partial charge in [-0.1, -0.05) is 6.92 Å². The molecule has 1 saturated carbocycles. The quantitative estimate of drug-likeness (QED) is 0.704. The average Bonchev–Trinajstić information content (AvgIpc) is 2.40. The highest BCUT2D eigenvalue weighted by Gasteiger charge is 2.55. The predicted octanol–water partition coefficient (Wildman–Crippen LogP) is 1.50. The molecule has 0 heterocycles. The van der Waals surface area contributed by atoms with Crippen LogP contribution in [0.2, 0.25) is 0 Å². The van der Waals surface area contributed by atoms with Gasteiger partial charge in [0.05, 0.1) is 5.41 Å². The molecule has 2 unspecified atom stereocenters. The Kier molecular flexibility index (Phi) is 2.88. The first-order valence-electron chi connectivity index (χ1n) is 4.74. The van der Waals surface area contributed by atoms with Gasteiger partial charge in [0.2, 0.25) is 0 Å². The highest BCUT2D eigenvalue weighted by molar-refractivity contribution is 5.74. The molecule has 1 aliphatic rings. The minimum atomic E-state index is -0.777. The van der Waals surface area contributed by atoms with Crippen molar-refractivity contribution in [2.24, 2.45) is 11.3 Å². The van der Waals surface area contributed by atoms with Gasteiger partial charge in [-0.25, -0.2) is 0 Å². The minimum absolute atomic E-state index is 0.0959. The molecule has 0 aromatic heterocycles. The van der Waals surface area contributed by atoms with Crippen molar-refractivity contribution in [2.75, 3.05) is 14.2 Å². The van der Waals surface area contributed by atoms with Crippen LogP contribution in [0, 0.1) is 11.3 Å². The Bertz CT molecular complexity index is 234. The van der Waals surface area contributed by atoms with Crippen LogP contribution in [0.4, 0.5) is 0 Å².